The van der Waals surface area contributed by atoms with Crippen LogP contribution in [0.3, 0.4) is 0 Å². The summed E-state index contributed by atoms with van der Waals surface area (Å²) in [5.74, 6) is 1.68. The van der Waals surface area contributed by atoms with Gasteiger partial charge in [-0.2, -0.15) is 0 Å². The minimum atomic E-state index is -0.440. The standard InChI is InChI=1S/C18H20N2O3/c1-22-14-6-4-5-13(11-14)15-12-16(19-23-15)18(7-8-18)17(21)20-9-2-3-10-20/h4-6,11-12H,2-3,7-10H2,1H3. The normalized spacial score (nSPS) is 18.9. The Morgan fingerprint density at radius 1 is 1.26 bits per heavy atom. The van der Waals surface area contributed by atoms with Crippen LogP contribution in [0.25, 0.3) is 11.3 Å². The van der Waals surface area contributed by atoms with E-state index in [1.54, 1.807) is 7.11 Å². The van der Waals surface area contributed by atoms with Gasteiger partial charge in [0.05, 0.1) is 18.2 Å². The molecule has 1 aliphatic carbocycles. The van der Waals surface area contributed by atoms with Gasteiger partial charge in [-0.25, -0.2) is 0 Å². The molecule has 2 aliphatic rings. The van der Waals surface area contributed by atoms with Crippen molar-refractivity contribution in [1.29, 1.82) is 0 Å². The molecular formula is C18H20N2O3. The first-order valence-electron chi connectivity index (χ1n) is 8.14. The van der Waals surface area contributed by atoms with Gasteiger partial charge in [0.1, 0.15) is 5.75 Å². The van der Waals surface area contributed by atoms with E-state index in [0.717, 1.165) is 55.8 Å². The van der Waals surface area contributed by atoms with Crippen molar-refractivity contribution in [3.63, 3.8) is 0 Å². The molecule has 2 fully saturated rings. The van der Waals surface area contributed by atoms with Crippen molar-refractivity contribution in [2.24, 2.45) is 0 Å². The third kappa shape index (κ3) is 2.40. The van der Waals surface area contributed by atoms with Gasteiger partial charge in [0.15, 0.2) is 5.76 Å². The fourth-order valence-electron chi connectivity index (χ4n) is 3.34. The number of ether oxygens (including phenoxy) is 1. The predicted octanol–water partition coefficient (Wildman–Crippen LogP) is 3.00. The zero-order valence-electron chi connectivity index (χ0n) is 13.2. The van der Waals surface area contributed by atoms with Gasteiger partial charge < -0.3 is 14.2 Å². The lowest BCUT2D eigenvalue weighted by atomic mass is 9.99. The summed E-state index contributed by atoms with van der Waals surface area (Å²) in [6, 6.07) is 9.58. The molecule has 23 heavy (non-hydrogen) atoms. The van der Waals surface area contributed by atoms with Crippen molar-refractivity contribution >= 4 is 5.91 Å². The summed E-state index contributed by atoms with van der Waals surface area (Å²) < 4.78 is 10.8. The molecule has 2 heterocycles. The van der Waals surface area contributed by atoms with Crippen molar-refractivity contribution in [2.75, 3.05) is 20.2 Å². The van der Waals surface area contributed by atoms with Crippen LogP contribution in [0, 0.1) is 0 Å². The highest BCUT2D eigenvalue weighted by molar-refractivity contribution is 5.91. The summed E-state index contributed by atoms with van der Waals surface area (Å²) in [6.45, 7) is 1.75. The first-order chi connectivity index (χ1) is 11.2. The molecule has 1 aliphatic heterocycles. The molecule has 1 amide bonds. The van der Waals surface area contributed by atoms with E-state index in [4.69, 9.17) is 9.26 Å². The molecule has 0 bridgehead atoms. The number of carbonyl (C=O) groups excluding carboxylic acids is 1. The summed E-state index contributed by atoms with van der Waals surface area (Å²) in [5, 5.41) is 4.21. The predicted molar refractivity (Wildman–Crippen MR) is 85.2 cm³/mol. The molecule has 5 nitrogen and oxygen atoms in total. The molecule has 1 aromatic heterocycles. The third-order valence-corrected chi connectivity index (χ3v) is 4.91. The summed E-state index contributed by atoms with van der Waals surface area (Å²) in [7, 11) is 1.64. The van der Waals surface area contributed by atoms with Gasteiger partial charge in [-0.05, 0) is 37.8 Å². The molecule has 1 aromatic carbocycles. The molecule has 5 heteroatoms. The molecule has 0 radical (unpaired) electrons. The highest BCUT2D eigenvalue weighted by Crippen LogP contribution is 2.50. The van der Waals surface area contributed by atoms with Gasteiger partial charge in [0.2, 0.25) is 5.91 Å². The molecule has 0 N–H and O–H groups in total. The van der Waals surface area contributed by atoms with Crippen LogP contribution in [0.15, 0.2) is 34.9 Å². The lowest BCUT2D eigenvalue weighted by Gasteiger charge is -2.20. The Labute approximate surface area is 135 Å². The van der Waals surface area contributed by atoms with Gasteiger partial charge >= 0.3 is 0 Å². The first-order valence-corrected chi connectivity index (χ1v) is 8.14. The van der Waals surface area contributed by atoms with E-state index in [-0.39, 0.29) is 5.91 Å². The average molecular weight is 312 g/mol. The summed E-state index contributed by atoms with van der Waals surface area (Å²) >= 11 is 0. The van der Waals surface area contributed by atoms with Crippen molar-refractivity contribution < 1.29 is 14.1 Å². The van der Waals surface area contributed by atoms with Gasteiger partial charge in [0.25, 0.3) is 0 Å². The van der Waals surface area contributed by atoms with Gasteiger partial charge in [-0.3, -0.25) is 4.79 Å². The van der Waals surface area contributed by atoms with Crippen LogP contribution in [0.2, 0.25) is 0 Å². The number of methoxy groups -OCH3 is 1. The summed E-state index contributed by atoms with van der Waals surface area (Å²) in [4.78, 5) is 14.8. The minimum Gasteiger partial charge on any atom is -0.497 e. The monoisotopic (exact) mass is 312 g/mol. The SMILES string of the molecule is COc1cccc(-c2cc(C3(C(=O)N4CCCC4)CC3)no2)c1. The van der Waals surface area contributed by atoms with E-state index in [0.29, 0.717) is 5.76 Å². The first kappa shape index (κ1) is 14.3. The second-order valence-corrected chi connectivity index (χ2v) is 6.39. The molecule has 1 saturated heterocycles. The Hall–Kier alpha value is -2.30. The molecule has 0 atom stereocenters. The average Bonchev–Trinajstić information content (AvgIpc) is 3.04. The number of hydrogen-bond donors (Lipinski definition) is 0. The van der Waals surface area contributed by atoms with Gasteiger partial charge in [0, 0.05) is 24.7 Å². The Morgan fingerprint density at radius 3 is 2.74 bits per heavy atom. The fraction of sp³-hybridized carbons (Fsp3) is 0.444. The largest absolute Gasteiger partial charge is 0.497 e. The Bertz CT molecular complexity index is 727. The topological polar surface area (TPSA) is 55.6 Å². The van der Waals surface area contributed by atoms with Crippen LogP contribution in [0.5, 0.6) is 5.75 Å². The molecule has 2 aromatic rings. The Morgan fingerprint density at radius 2 is 2.04 bits per heavy atom. The quantitative estimate of drug-likeness (QED) is 0.871. The van der Waals surface area contributed by atoms with Crippen molar-refractivity contribution in [1.82, 2.24) is 10.1 Å². The van der Waals surface area contributed by atoms with Crippen LogP contribution in [-0.4, -0.2) is 36.2 Å². The molecule has 1 saturated carbocycles. The van der Waals surface area contributed by atoms with E-state index in [2.05, 4.69) is 5.16 Å². The molecular weight excluding hydrogens is 292 g/mol. The van der Waals surface area contributed by atoms with Crippen LogP contribution in [0.4, 0.5) is 0 Å². The van der Waals surface area contributed by atoms with Gasteiger partial charge in [-0.15, -0.1) is 0 Å². The number of amides is 1. The smallest absolute Gasteiger partial charge is 0.234 e. The van der Waals surface area contributed by atoms with E-state index in [9.17, 15) is 4.79 Å². The van der Waals surface area contributed by atoms with Crippen LogP contribution < -0.4 is 4.74 Å². The van der Waals surface area contributed by atoms with E-state index >= 15 is 0 Å². The highest BCUT2D eigenvalue weighted by atomic mass is 16.5. The minimum absolute atomic E-state index is 0.223. The highest BCUT2D eigenvalue weighted by Gasteiger charge is 2.55. The van der Waals surface area contributed by atoms with Crippen LogP contribution in [-0.2, 0) is 10.2 Å². The number of carbonyl (C=O) groups is 1. The maximum Gasteiger partial charge on any atom is 0.234 e. The lowest BCUT2D eigenvalue weighted by Crippen LogP contribution is -2.37. The fourth-order valence-corrected chi connectivity index (χ4v) is 3.34. The maximum atomic E-state index is 12.8. The summed E-state index contributed by atoms with van der Waals surface area (Å²) in [6.07, 6.45) is 3.95. The summed E-state index contributed by atoms with van der Waals surface area (Å²) in [5.41, 5.74) is 1.24. The molecule has 4 rings (SSSR count). The van der Waals surface area contributed by atoms with Crippen molar-refractivity contribution in [3.8, 4) is 17.1 Å². The zero-order valence-corrected chi connectivity index (χ0v) is 13.2. The Balaban J connectivity index is 1.61. The number of rotatable bonds is 4. The molecule has 0 spiro atoms. The number of likely N-dealkylation sites (tertiary alicyclic amines) is 1. The number of hydrogen-bond acceptors (Lipinski definition) is 4. The second-order valence-electron chi connectivity index (χ2n) is 6.39. The lowest BCUT2D eigenvalue weighted by molar-refractivity contribution is -0.133. The van der Waals surface area contributed by atoms with E-state index in [1.165, 1.54) is 0 Å². The third-order valence-electron chi connectivity index (χ3n) is 4.91. The number of nitrogens with zero attached hydrogens (tertiary/aromatic N) is 2. The van der Waals surface area contributed by atoms with Gasteiger partial charge in [-0.1, -0.05) is 17.3 Å². The van der Waals surface area contributed by atoms with Crippen molar-refractivity contribution in [3.05, 3.63) is 36.0 Å². The Kier molecular flexibility index (Phi) is 3.36. The van der Waals surface area contributed by atoms with E-state index < -0.39 is 5.41 Å². The molecule has 120 valence electrons. The second kappa shape index (κ2) is 5.41. The maximum absolute atomic E-state index is 12.8. The molecule has 0 unspecified atom stereocenters. The zero-order chi connectivity index (χ0) is 15.9. The van der Waals surface area contributed by atoms with Crippen molar-refractivity contribution in [2.45, 2.75) is 31.1 Å². The van der Waals surface area contributed by atoms with E-state index in [1.807, 2.05) is 35.2 Å². The van der Waals surface area contributed by atoms with Crippen LogP contribution >= 0.6 is 0 Å². The number of benzene rings is 1. The van der Waals surface area contributed by atoms with Crippen LogP contribution in [0.1, 0.15) is 31.4 Å². The number of aromatic nitrogens is 1.